The summed E-state index contributed by atoms with van der Waals surface area (Å²) in [6, 6.07) is 10.5. The number of thioether (sulfide) groups is 1. The molecule has 1 aromatic heterocycles. The van der Waals surface area contributed by atoms with E-state index in [0.717, 1.165) is 44.4 Å². The Morgan fingerprint density at radius 1 is 1.32 bits per heavy atom. The Morgan fingerprint density at radius 2 is 2.11 bits per heavy atom. The van der Waals surface area contributed by atoms with E-state index in [1.54, 1.807) is 0 Å². The van der Waals surface area contributed by atoms with Crippen LogP contribution in [0.4, 0.5) is 0 Å². The predicted octanol–water partition coefficient (Wildman–Crippen LogP) is 3.74. The lowest BCUT2D eigenvalue weighted by Crippen LogP contribution is -2.49. The molecule has 1 aliphatic heterocycles. The van der Waals surface area contributed by atoms with Gasteiger partial charge in [0.15, 0.2) is 5.96 Å². The van der Waals surface area contributed by atoms with Gasteiger partial charge in [-0.15, -0.1) is 24.0 Å². The van der Waals surface area contributed by atoms with E-state index in [9.17, 15) is 0 Å². The van der Waals surface area contributed by atoms with E-state index in [0.29, 0.717) is 11.2 Å². The maximum Gasteiger partial charge on any atom is 0.193 e. The molecule has 1 fully saturated rings. The van der Waals surface area contributed by atoms with Crippen molar-refractivity contribution in [1.29, 1.82) is 0 Å². The lowest BCUT2D eigenvalue weighted by Gasteiger charge is -2.36. The van der Waals surface area contributed by atoms with Gasteiger partial charge in [-0.05, 0) is 11.5 Å². The Kier molecular flexibility index (Phi) is 9.64. The minimum atomic E-state index is 0. The van der Waals surface area contributed by atoms with Crippen molar-refractivity contribution >= 4 is 41.7 Å². The molecule has 154 valence electrons. The first-order valence-corrected chi connectivity index (χ1v) is 10.8. The molecule has 0 radical (unpaired) electrons. The number of imidazole rings is 1. The lowest BCUT2D eigenvalue weighted by molar-refractivity contribution is 0.381. The molecule has 28 heavy (non-hydrogen) atoms. The van der Waals surface area contributed by atoms with E-state index in [-0.39, 0.29) is 24.0 Å². The van der Waals surface area contributed by atoms with Gasteiger partial charge in [0.2, 0.25) is 0 Å². The number of hydrogen-bond acceptors (Lipinski definition) is 3. The summed E-state index contributed by atoms with van der Waals surface area (Å²) in [6.45, 7) is 8.47. The molecule has 5 nitrogen and oxygen atoms in total. The Hall–Kier alpha value is -1.22. The predicted molar refractivity (Wildman–Crippen MR) is 131 cm³/mol. The van der Waals surface area contributed by atoms with Crippen LogP contribution in [-0.4, -0.2) is 58.1 Å². The summed E-state index contributed by atoms with van der Waals surface area (Å²) < 4.78 is 2.23. The van der Waals surface area contributed by atoms with Crippen LogP contribution in [0.1, 0.15) is 25.2 Å². The van der Waals surface area contributed by atoms with Crippen molar-refractivity contribution in [3.63, 3.8) is 0 Å². The standard InChI is InChI=1S/C21H31N5S.HI/c1-17(2)19-16-26(13-14-27-19)21(22-3)24-10-9-20-23-11-12-25(20)15-18-7-5-4-6-8-18;/h4-8,11-12,17,19H,9-10,13-16H2,1-3H3,(H,22,24);1H. The summed E-state index contributed by atoms with van der Waals surface area (Å²) in [5, 5.41) is 4.22. The molecule has 7 heteroatoms. The Morgan fingerprint density at radius 3 is 2.82 bits per heavy atom. The van der Waals surface area contributed by atoms with Gasteiger partial charge in [0, 0.05) is 63.0 Å². The van der Waals surface area contributed by atoms with Crippen LogP contribution in [0.5, 0.6) is 0 Å². The van der Waals surface area contributed by atoms with Crippen LogP contribution < -0.4 is 5.32 Å². The van der Waals surface area contributed by atoms with Crippen molar-refractivity contribution in [3.8, 4) is 0 Å². The maximum absolute atomic E-state index is 4.55. The van der Waals surface area contributed by atoms with Gasteiger partial charge in [-0.25, -0.2) is 4.98 Å². The third-order valence-corrected chi connectivity index (χ3v) is 6.52. The quantitative estimate of drug-likeness (QED) is 0.363. The first-order chi connectivity index (χ1) is 13.2. The number of benzene rings is 1. The second-order valence-corrected chi connectivity index (χ2v) is 8.63. The number of hydrogen-bond donors (Lipinski definition) is 1. The third-order valence-electron chi connectivity index (χ3n) is 4.98. The van der Waals surface area contributed by atoms with Crippen LogP contribution in [0.15, 0.2) is 47.7 Å². The molecular formula is C21H32IN5S. The summed E-state index contributed by atoms with van der Waals surface area (Å²) in [7, 11) is 1.88. The van der Waals surface area contributed by atoms with E-state index >= 15 is 0 Å². The van der Waals surface area contributed by atoms with Gasteiger partial charge in [-0.1, -0.05) is 44.2 Å². The first kappa shape index (κ1) is 23.1. The zero-order chi connectivity index (χ0) is 19.1. The van der Waals surface area contributed by atoms with Crippen molar-refractivity contribution < 1.29 is 0 Å². The molecule has 0 aliphatic carbocycles. The monoisotopic (exact) mass is 513 g/mol. The summed E-state index contributed by atoms with van der Waals surface area (Å²) in [6.07, 6.45) is 4.84. The fourth-order valence-electron chi connectivity index (χ4n) is 3.38. The van der Waals surface area contributed by atoms with Gasteiger partial charge in [0.25, 0.3) is 0 Å². The molecule has 2 aromatic rings. The van der Waals surface area contributed by atoms with Gasteiger partial charge < -0.3 is 14.8 Å². The first-order valence-electron chi connectivity index (χ1n) is 9.78. The molecule has 0 spiro atoms. The van der Waals surface area contributed by atoms with Crippen LogP contribution in [0, 0.1) is 5.92 Å². The Labute approximate surface area is 190 Å². The van der Waals surface area contributed by atoms with Crippen LogP contribution in [0.3, 0.4) is 0 Å². The van der Waals surface area contributed by atoms with Crippen LogP contribution >= 0.6 is 35.7 Å². The minimum Gasteiger partial charge on any atom is -0.356 e. The molecule has 0 saturated carbocycles. The van der Waals surface area contributed by atoms with Crippen molar-refractivity contribution in [2.45, 2.75) is 32.1 Å². The fourth-order valence-corrected chi connectivity index (χ4v) is 4.68. The molecule has 0 bridgehead atoms. The highest BCUT2D eigenvalue weighted by Crippen LogP contribution is 2.24. The molecule has 0 amide bonds. The summed E-state index contributed by atoms with van der Waals surface area (Å²) in [5.41, 5.74) is 1.30. The molecule has 1 aromatic carbocycles. The minimum absolute atomic E-state index is 0. The second-order valence-electron chi connectivity index (χ2n) is 7.28. The largest absolute Gasteiger partial charge is 0.356 e. The average Bonchev–Trinajstić information content (AvgIpc) is 3.13. The average molecular weight is 513 g/mol. The molecular weight excluding hydrogens is 481 g/mol. The smallest absolute Gasteiger partial charge is 0.193 e. The highest BCUT2D eigenvalue weighted by Gasteiger charge is 2.24. The van der Waals surface area contributed by atoms with Crippen molar-refractivity contribution in [2.75, 3.05) is 32.4 Å². The molecule has 1 aliphatic rings. The number of aromatic nitrogens is 2. The van der Waals surface area contributed by atoms with Gasteiger partial charge in [0.05, 0.1) is 0 Å². The van der Waals surface area contributed by atoms with Crippen molar-refractivity contribution in [3.05, 3.63) is 54.1 Å². The number of rotatable bonds is 6. The van der Waals surface area contributed by atoms with E-state index in [2.05, 4.69) is 86.9 Å². The van der Waals surface area contributed by atoms with Gasteiger partial charge >= 0.3 is 0 Å². The summed E-state index contributed by atoms with van der Waals surface area (Å²) >= 11 is 2.09. The molecule has 3 rings (SSSR count). The molecule has 1 N–H and O–H groups in total. The third kappa shape index (κ3) is 6.40. The zero-order valence-electron chi connectivity index (χ0n) is 17.0. The normalized spacial score (nSPS) is 17.5. The fraction of sp³-hybridized carbons (Fsp3) is 0.524. The highest BCUT2D eigenvalue weighted by molar-refractivity contribution is 14.0. The second kappa shape index (κ2) is 11.7. The zero-order valence-corrected chi connectivity index (χ0v) is 20.2. The summed E-state index contributed by atoms with van der Waals surface area (Å²) in [4.78, 5) is 11.5. The van der Waals surface area contributed by atoms with E-state index in [1.807, 2.05) is 13.2 Å². The molecule has 1 unspecified atom stereocenters. The number of nitrogens with zero attached hydrogens (tertiary/aromatic N) is 4. The summed E-state index contributed by atoms with van der Waals surface area (Å²) in [5.74, 6) is 3.99. The maximum atomic E-state index is 4.55. The topological polar surface area (TPSA) is 45.5 Å². The molecule has 2 heterocycles. The number of nitrogens with one attached hydrogen (secondary N) is 1. The van der Waals surface area contributed by atoms with E-state index < -0.39 is 0 Å². The van der Waals surface area contributed by atoms with Crippen molar-refractivity contribution in [1.82, 2.24) is 19.8 Å². The Bertz CT molecular complexity index is 731. The molecule has 1 saturated heterocycles. The molecule has 1 atom stereocenters. The van der Waals surface area contributed by atoms with Crippen molar-refractivity contribution in [2.24, 2.45) is 10.9 Å². The number of guanidine groups is 1. The van der Waals surface area contributed by atoms with Crippen LogP contribution in [0.2, 0.25) is 0 Å². The van der Waals surface area contributed by atoms with E-state index in [4.69, 9.17) is 0 Å². The lowest BCUT2D eigenvalue weighted by atomic mass is 10.1. The van der Waals surface area contributed by atoms with Crippen LogP contribution in [-0.2, 0) is 13.0 Å². The van der Waals surface area contributed by atoms with E-state index in [1.165, 1.54) is 11.3 Å². The van der Waals surface area contributed by atoms with Gasteiger partial charge in [-0.2, -0.15) is 11.8 Å². The highest BCUT2D eigenvalue weighted by atomic mass is 127. The van der Waals surface area contributed by atoms with Gasteiger partial charge in [0.1, 0.15) is 5.82 Å². The Balaban J connectivity index is 0.00000280. The number of aliphatic imine (C=N–C) groups is 1. The number of halogens is 1. The van der Waals surface area contributed by atoms with Crippen LogP contribution in [0.25, 0.3) is 0 Å². The SMILES string of the molecule is CN=C(NCCc1nccn1Cc1ccccc1)N1CCSC(C(C)C)C1.I. The van der Waals surface area contributed by atoms with Gasteiger partial charge in [-0.3, -0.25) is 4.99 Å².